The number of carboxylic acids is 3. The minimum atomic E-state index is -5.08. The van der Waals surface area contributed by atoms with Crippen LogP contribution in [-0.4, -0.2) is 86.9 Å². The maximum atomic E-state index is 10.6. The molecule has 1 aromatic heterocycles. The molecular formula is C29H34F9N3O7. The predicted molar refractivity (Wildman–Crippen MR) is 150 cm³/mol. The van der Waals surface area contributed by atoms with Crippen LogP contribution in [0.3, 0.4) is 0 Å². The Kier molecular flexibility index (Phi) is 15.6. The zero-order valence-electron chi connectivity index (χ0n) is 25.5. The largest absolute Gasteiger partial charge is 0.490 e. The van der Waals surface area contributed by atoms with Crippen LogP contribution in [0.1, 0.15) is 50.4 Å². The standard InChI is InChI=1S/C23H31N3O.3C2HF3O2/c1-18(2)17-26-13-10-23(11-14-26)15-21(20-8-3-4-9-22(20)27-23)25-16-19-7-5-6-12-24-19;3*3-2(4,5)1(6)7/h3-9,12,18,21,25H,10-11,13-17H2,1-2H3;3*(H,6,7). The van der Waals surface area contributed by atoms with Crippen molar-refractivity contribution in [1.82, 2.24) is 15.2 Å². The molecule has 2 aliphatic heterocycles. The van der Waals surface area contributed by atoms with Crippen molar-refractivity contribution in [1.29, 1.82) is 0 Å². The van der Waals surface area contributed by atoms with E-state index in [2.05, 4.69) is 59.4 Å². The number of hydrogen-bond donors (Lipinski definition) is 4. The summed E-state index contributed by atoms with van der Waals surface area (Å²) in [7, 11) is 0. The summed E-state index contributed by atoms with van der Waals surface area (Å²) in [5, 5.41) is 25.1. The molecule has 3 heterocycles. The summed E-state index contributed by atoms with van der Waals surface area (Å²) in [6.07, 6.45) is -10.1. The van der Waals surface area contributed by atoms with Crippen LogP contribution in [-0.2, 0) is 20.9 Å². The molecular weight excluding hydrogens is 673 g/mol. The normalized spacial score (nSPS) is 17.2. The number of carboxylic acid groups (broad SMARTS) is 3. The van der Waals surface area contributed by atoms with Crippen LogP contribution in [0.5, 0.6) is 5.75 Å². The lowest BCUT2D eigenvalue weighted by atomic mass is 9.80. The van der Waals surface area contributed by atoms with Gasteiger partial charge >= 0.3 is 36.4 Å². The molecule has 48 heavy (non-hydrogen) atoms. The van der Waals surface area contributed by atoms with Crippen molar-refractivity contribution in [2.24, 2.45) is 5.92 Å². The molecule has 0 saturated carbocycles. The molecule has 0 amide bonds. The number of aliphatic carboxylic acids is 3. The topological polar surface area (TPSA) is 149 Å². The summed E-state index contributed by atoms with van der Waals surface area (Å²) in [4.78, 5) is 33.7. The number of ether oxygens (including phenoxy) is 1. The van der Waals surface area contributed by atoms with E-state index in [9.17, 15) is 39.5 Å². The summed E-state index contributed by atoms with van der Waals surface area (Å²) in [6, 6.07) is 14.9. The molecule has 0 bridgehead atoms. The number of pyridine rings is 1. The summed E-state index contributed by atoms with van der Waals surface area (Å²) >= 11 is 0. The minimum Gasteiger partial charge on any atom is -0.487 e. The maximum absolute atomic E-state index is 10.6. The molecule has 1 fully saturated rings. The van der Waals surface area contributed by atoms with Crippen LogP contribution in [0.25, 0.3) is 0 Å². The van der Waals surface area contributed by atoms with E-state index in [-0.39, 0.29) is 5.60 Å². The second kappa shape index (κ2) is 17.9. The molecule has 1 atom stereocenters. The van der Waals surface area contributed by atoms with Gasteiger partial charge in [-0.25, -0.2) is 14.4 Å². The summed E-state index contributed by atoms with van der Waals surface area (Å²) in [5.74, 6) is -6.49. The van der Waals surface area contributed by atoms with Crippen LogP contribution in [0.4, 0.5) is 39.5 Å². The number of piperidine rings is 1. The lowest BCUT2D eigenvalue weighted by Crippen LogP contribution is -2.52. The van der Waals surface area contributed by atoms with Gasteiger partial charge in [0.05, 0.1) is 5.69 Å². The molecule has 4 rings (SSSR count). The van der Waals surface area contributed by atoms with E-state index in [1.54, 1.807) is 0 Å². The van der Waals surface area contributed by atoms with Gasteiger partial charge in [0.15, 0.2) is 0 Å². The molecule has 4 N–H and O–H groups in total. The number of nitrogens with zero attached hydrogens (tertiary/aromatic N) is 2. The van der Waals surface area contributed by atoms with Crippen LogP contribution in [0, 0.1) is 5.92 Å². The van der Waals surface area contributed by atoms with Crippen molar-refractivity contribution < 1.29 is 74.0 Å². The van der Waals surface area contributed by atoms with Gasteiger partial charge in [-0.15, -0.1) is 0 Å². The maximum Gasteiger partial charge on any atom is 0.490 e. The number of aromatic nitrogens is 1. The number of nitrogens with one attached hydrogen (secondary N) is 1. The van der Waals surface area contributed by atoms with E-state index in [1.165, 1.54) is 12.1 Å². The zero-order chi connectivity index (χ0) is 36.9. The molecule has 1 unspecified atom stereocenters. The number of fused-ring (bicyclic) bond motifs is 1. The fourth-order valence-electron chi connectivity index (χ4n) is 4.50. The van der Waals surface area contributed by atoms with E-state index in [0.717, 1.165) is 56.3 Å². The number of carbonyl (C=O) groups is 3. The van der Waals surface area contributed by atoms with Gasteiger partial charge in [-0.3, -0.25) is 4.98 Å². The molecule has 1 saturated heterocycles. The Morgan fingerprint density at radius 1 is 0.854 bits per heavy atom. The summed E-state index contributed by atoms with van der Waals surface area (Å²) in [6.45, 7) is 8.84. The van der Waals surface area contributed by atoms with Gasteiger partial charge in [-0.1, -0.05) is 38.1 Å². The molecule has 1 spiro atoms. The quantitative estimate of drug-likeness (QED) is 0.269. The smallest absolute Gasteiger partial charge is 0.487 e. The Hall–Kier alpha value is -4.13. The fraction of sp³-hybridized carbons (Fsp3) is 0.517. The lowest BCUT2D eigenvalue weighted by Gasteiger charge is -2.47. The van der Waals surface area contributed by atoms with Gasteiger partial charge in [-0.2, -0.15) is 39.5 Å². The van der Waals surface area contributed by atoms with Gasteiger partial charge < -0.3 is 30.3 Å². The summed E-state index contributed by atoms with van der Waals surface area (Å²) in [5.41, 5.74) is 2.33. The first kappa shape index (κ1) is 41.9. The Labute approximate surface area is 268 Å². The van der Waals surface area contributed by atoms with E-state index < -0.39 is 36.4 Å². The van der Waals surface area contributed by atoms with E-state index in [1.807, 2.05) is 18.3 Å². The van der Waals surface area contributed by atoms with Crippen molar-refractivity contribution in [3.63, 3.8) is 0 Å². The average Bonchev–Trinajstić information content (AvgIpc) is 2.97. The average molecular weight is 708 g/mol. The highest BCUT2D eigenvalue weighted by Crippen LogP contribution is 2.44. The first-order valence-corrected chi connectivity index (χ1v) is 14.0. The number of para-hydroxylation sites is 1. The number of rotatable bonds is 5. The van der Waals surface area contributed by atoms with Crippen molar-refractivity contribution in [3.8, 4) is 5.75 Å². The van der Waals surface area contributed by atoms with Crippen LogP contribution >= 0.6 is 0 Å². The van der Waals surface area contributed by atoms with Crippen molar-refractivity contribution >= 4 is 17.9 Å². The van der Waals surface area contributed by atoms with Gasteiger partial charge in [0.2, 0.25) is 0 Å². The van der Waals surface area contributed by atoms with Crippen molar-refractivity contribution in [2.75, 3.05) is 19.6 Å². The molecule has 2 aromatic rings. The molecule has 270 valence electrons. The van der Waals surface area contributed by atoms with E-state index in [4.69, 9.17) is 34.4 Å². The third-order valence-electron chi connectivity index (χ3n) is 6.57. The number of likely N-dealkylation sites (tertiary alicyclic amines) is 1. The van der Waals surface area contributed by atoms with Crippen molar-refractivity contribution in [2.45, 2.75) is 69.8 Å². The molecule has 10 nitrogen and oxygen atoms in total. The van der Waals surface area contributed by atoms with Gasteiger partial charge in [-0.05, 0) is 37.0 Å². The molecule has 1 aromatic carbocycles. The first-order valence-electron chi connectivity index (χ1n) is 14.0. The third kappa shape index (κ3) is 15.2. The van der Waals surface area contributed by atoms with Gasteiger partial charge in [0.1, 0.15) is 11.4 Å². The Balaban J connectivity index is 0.000000448. The number of halogens is 9. The Bertz CT molecular complexity index is 1260. The van der Waals surface area contributed by atoms with Crippen LogP contribution in [0.2, 0.25) is 0 Å². The molecule has 0 radical (unpaired) electrons. The lowest BCUT2D eigenvalue weighted by molar-refractivity contribution is -0.193. The van der Waals surface area contributed by atoms with E-state index in [0.29, 0.717) is 6.04 Å². The monoisotopic (exact) mass is 707 g/mol. The second-order valence-corrected chi connectivity index (χ2v) is 10.9. The Morgan fingerprint density at radius 3 is 1.73 bits per heavy atom. The Morgan fingerprint density at radius 2 is 1.31 bits per heavy atom. The van der Waals surface area contributed by atoms with Gasteiger partial charge in [0.25, 0.3) is 0 Å². The fourth-order valence-corrected chi connectivity index (χ4v) is 4.50. The van der Waals surface area contributed by atoms with Crippen LogP contribution in [0.15, 0.2) is 48.7 Å². The second-order valence-electron chi connectivity index (χ2n) is 10.9. The highest BCUT2D eigenvalue weighted by atomic mass is 19.4. The number of alkyl halides is 9. The number of hydrogen-bond acceptors (Lipinski definition) is 7. The SMILES string of the molecule is CC(C)CN1CCC2(CC1)CC(NCc1ccccn1)c1ccccc1O2.O=C(O)C(F)(F)F.O=C(O)C(F)(F)F.O=C(O)C(F)(F)F. The van der Waals surface area contributed by atoms with Gasteiger partial charge in [0, 0.05) is 50.4 Å². The predicted octanol–water partition coefficient (Wildman–Crippen LogP) is 6.09. The molecule has 2 aliphatic rings. The zero-order valence-corrected chi connectivity index (χ0v) is 25.5. The highest BCUT2D eigenvalue weighted by Gasteiger charge is 2.43. The highest BCUT2D eigenvalue weighted by molar-refractivity contribution is 5.73. The van der Waals surface area contributed by atoms with Crippen molar-refractivity contribution in [3.05, 3.63) is 59.9 Å². The molecule has 19 heteroatoms. The number of benzene rings is 1. The minimum absolute atomic E-state index is 0.0381. The first-order chi connectivity index (χ1) is 22.0. The third-order valence-corrected chi connectivity index (χ3v) is 6.57. The van der Waals surface area contributed by atoms with E-state index >= 15 is 0 Å². The molecule has 0 aliphatic carbocycles. The summed E-state index contributed by atoms with van der Waals surface area (Å²) < 4.78 is 102. The van der Waals surface area contributed by atoms with Crippen LogP contribution < -0.4 is 10.1 Å².